The van der Waals surface area contributed by atoms with Gasteiger partial charge in [-0.25, -0.2) is 0 Å². The second kappa shape index (κ2) is 6.55. The number of methoxy groups -OCH3 is 1. The Bertz CT molecular complexity index is 388. The molecular weight excluding hydrogens is 289 g/mol. The Hall–Kier alpha value is -0.572. The molecule has 0 bridgehead atoms. The summed E-state index contributed by atoms with van der Waals surface area (Å²) >= 11 is 2.50. The van der Waals surface area contributed by atoms with E-state index in [1.165, 1.54) is 12.1 Å². The van der Waals surface area contributed by atoms with Gasteiger partial charge in [0.05, 0.1) is 0 Å². The third-order valence-corrected chi connectivity index (χ3v) is 4.04. The van der Waals surface area contributed by atoms with E-state index >= 15 is 0 Å². The number of hydrogen-bond acceptors (Lipinski definition) is 4. The van der Waals surface area contributed by atoms with Crippen molar-refractivity contribution in [3.05, 3.63) is 18.3 Å². The number of ether oxygens (including phenoxy) is 1. The summed E-state index contributed by atoms with van der Waals surface area (Å²) < 4.78 is 6.16. The number of rotatable bonds is 5. The van der Waals surface area contributed by atoms with Crippen LogP contribution in [0.3, 0.4) is 0 Å². The quantitative estimate of drug-likeness (QED) is 0.718. The molecule has 1 fully saturated rings. The van der Waals surface area contributed by atoms with Crippen molar-refractivity contribution in [3.63, 3.8) is 0 Å². The topological polar surface area (TPSA) is 28.6 Å². The second-order valence-electron chi connectivity index (χ2n) is 4.73. The normalized spacial score (nSPS) is 19.8. The van der Waals surface area contributed by atoms with Crippen molar-refractivity contribution < 1.29 is 4.74 Å². The van der Waals surface area contributed by atoms with Crippen molar-refractivity contribution in [2.24, 2.45) is 0 Å². The van der Waals surface area contributed by atoms with E-state index in [1.54, 1.807) is 7.11 Å². The molecule has 0 spiro atoms. The first-order chi connectivity index (χ1) is 8.70. The van der Waals surface area contributed by atoms with Crippen molar-refractivity contribution >= 4 is 27.0 Å². The molecular formula is C13H20AsN3O. The van der Waals surface area contributed by atoms with Crippen molar-refractivity contribution in [2.75, 3.05) is 45.3 Å². The van der Waals surface area contributed by atoms with Gasteiger partial charge in [0, 0.05) is 0 Å². The summed E-state index contributed by atoms with van der Waals surface area (Å²) in [6.45, 7) is 4.02. The molecule has 98 valence electrons. The van der Waals surface area contributed by atoms with Gasteiger partial charge in [0.25, 0.3) is 0 Å². The van der Waals surface area contributed by atoms with E-state index in [0.29, 0.717) is 6.04 Å². The number of anilines is 1. The third-order valence-electron chi connectivity index (χ3n) is 3.53. The molecule has 1 atom stereocenters. The minimum atomic E-state index is 0.628. The Balaban J connectivity index is 1.92. The van der Waals surface area contributed by atoms with E-state index in [0.717, 1.165) is 30.7 Å². The summed E-state index contributed by atoms with van der Waals surface area (Å²) in [7, 11) is 3.94. The average molecular weight is 309 g/mol. The Morgan fingerprint density at radius 2 is 2.44 bits per heavy atom. The molecule has 5 heteroatoms. The SMILES string of the molecule is COCCN(C)[C@@H]1CCN(c2ccnc([As])c2)C1. The van der Waals surface area contributed by atoms with E-state index in [4.69, 9.17) is 4.74 Å². The minimum absolute atomic E-state index is 0.628. The molecule has 4 nitrogen and oxygen atoms in total. The number of aromatic nitrogens is 1. The van der Waals surface area contributed by atoms with Gasteiger partial charge in [0.2, 0.25) is 0 Å². The molecule has 2 heterocycles. The molecule has 1 aliphatic rings. The zero-order chi connectivity index (χ0) is 13.0. The van der Waals surface area contributed by atoms with E-state index in [1.807, 2.05) is 6.20 Å². The van der Waals surface area contributed by atoms with Crippen molar-refractivity contribution in [3.8, 4) is 0 Å². The summed E-state index contributed by atoms with van der Waals surface area (Å²) in [5.74, 6) is 0. The van der Waals surface area contributed by atoms with E-state index < -0.39 is 0 Å². The fourth-order valence-electron chi connectivity index (χ4n) is 2.36. The van der Waals surface area contributed by atoms with Crippen LogP contribution >= 0.6 is 0 Å². The van der Waals surface area contributed by atoms with Gasteiger partial charge in [-0.15, -0.1) is 0 Å². The van der Waals surface area contributed by atoms with E-state index in [-0.39, 0.29) is 0 Å². The van der Waals surface area contributed by atoms with Gasteiger partial charge in [-0.2, -0.15) is 0 Å². The summed E-state index contributed by atoms with van der Waals surface area (Å²) in [5, 5.41) is 0. The van der Waals surface area contributed by atoms with Crippen molar-refractivity contribution in [1.82, 2.24) is 9.88 Å². The monoisotopic (exact) mass is 309 g/mol. The molecule has 0 aromatic carbocycles. The van der Waals surface area contributed by atoms with Crippen LogP contribution in [-0.2, 0) is 4.74 Å². The molecule has 1 saturated heterocycles. The first kappa shape index (κ1) is 13.9. The summed E-state index contributed by atoms with van der Waals surface area (Å²) in [6, 6.07) is 4.86. The number of pyridine rings is 1. The van der Waals surface area contributed by atoms with Crippen LogP contribution in [0.5, 0.6) is 0 Å². The second-order valence-corrected chi connectivity index (χ2v) is 5.70. The molecule has 1 aliphatic heterocycles. The Morgan fingerprint density at radius 1 is 1.61 bits per heavy atom. The number of hydrogen-bond donors (Lipinski definition) is 0. The van der Waals surface area contributed by atoms with Crippen LogP contribution in [0.2, 0.25) is 0 Å². The molecule has 0 aliphatic carbocycles. The molecule has 0 saturated carbocycles. The maximum atomic E-state index is 5.13. The van der Waals surface area contributed by atoms with Crippen LogP contribution in [0.4, 0.5) is 5.69 Å². The van der Waals surface area contributed by atoms with Crippen LogP contribution in [0.15, 0.2) is 18.3 Å². The third kappa shape index (κ3) is 3.47. The first-order valence-corrected chi connectivity index (χ1v) is 7.23. The van der Waals surface area contributed by atoms with Crippen LogP contribution in [0.1, 0.15) is 6.42 Å². The van der Waals surface area contributed by atoms with Gasteiger partial charge in [-0.05, 0) is 0 Å². The Morgan fingerprint density at radius 3 is 3.17 bits per heavy atom. The van der Waals surface area contributed by atoms with Gasteiger partial charge in [0.15, 0.2) is 0 Å². The van der Waals surface area contributed by atoms with Crippen molar-refractivity contribution in [1.29, 1.82) is 0 Å². The number of nitrogens with zero attached hydrogens (tertiary/aromatic N) is 3. The Kier molecular flexibility index (Phi) is 5.04. The Labute approximate surface area is 118 Å². The zero-order valence-electron chi connectivity index (χ0n) is 11.0. The molecule has 0 N–H and O–H groups in total. The molecule has 0 unspecified atom stereocenters. The molecule has 1 aromatic rings. The van der Waals surface area contributed by atoms with Gasteiger partial charge in [-0.3, -0.25) is 0 Å². The standard InChI is InChI=1S/C13H20AsN3O/c1-16(7-8-18-2)12-4-6-17(10-12)11-3-5-15-13(14)9-11/h3,5,9,12H,4,6-8,10H2,1-2H3/t12-/m1/s1. The van der Waals surface area contributed by atoms with Crippen LogP contribution in [0, 0.1) is 0 Å². The molecule has 18 heavy (non-hydrogen) atoms. The van der Waals surface area contributed by atoms with Crippen LogP contribution < -0.4 is 9.38 Å². The maximum absolute atomic E-state index is 5.13. The van der Waals surface area contributed by atoms with Gasteiger partial charge >= 0.3 is 118 Å². The van der Waals surface area contributed by atoms with Gasteiger partial charge < -0.3 is 0 Å². The van der Waals surface area contributed by atoms with Crippen LogP contribution in [-0.4, -0.2) is 73.2 Å². The van der Waals surface area contributed by atoms with E-state index in [9.17, 15) is 0 Å². The van der Waals surface area contributed by atoms with Gasteiger partial charge in [-0.1, -0.05) is 0 Å². The van der Waals surface area contributed by atoms with E-state index in [2.05, 4.69) is 50.8 Å². The summed E-state index contributed by atoms with van der Waals surface area (Å²) in [6.07, 6.45) is 3.10. The predicted molar refractivity (Wildman–Crippen MR) is 74.7 cm³/mol. The molecule has 0 amide bonds. The number of likely N-dealkylation sites (N-methyl/N-ethyl adjacent to an activating group) is 1. The van der Waals surface area contributed by atoms with Gasteiger partial charge in [0.1, 0.15) is 0 Å². The predicted octanol–water partition coefficient (Wildman–Crippen LogP) is 0.0323. The molecule has 2 radical (unpaired) electrons. The fraction of sp³-hybridized carbons (Fsp3) is 0.615. The zero-order valence-corrected chi connectivity index (χ0v) is 12.9. The van der Waals surface area contributed by atoms with Crippen LogP contribution in [0.25, 0.3) is 0 Å². The summed E-state index contributed by atoms with van der Waals surface area (Å²) in [4.78, 5) is 9.06. The first-order valence-electron chi connectivity index (χ1n) is 6.30. The summed E-state index contributed by atoms with van der Waals surface area (Å²) in [5.41, 5.74) is 1.28. The fourth-order valence-corrected chi connectivity index (χ4v) is 2.78. The molecule has 1 aromatic heterocycles. The van der Waals surface area contributed by atoms with Crippen molar-refractivity contribution in [2.45, 2.75) is 12.5 Å². The average Bonchev–Trinajstić information content (AvgIpc) is 2.85. The molecule has 2 rings (SSSR count).